The summed E-state index contributed by atoms with van der Waals surface area (Å²) in [5.41, 5.74) is 1.80. The minimum Gasteiger partial charge on any atom is -0.332 e. The third-order valence-electron chi connectivity index (χ3n) is 7.30. The zero-order chi connectivity index (χ0) is 20.4. The Morgan fingerprint density at radius 1 is 1.17 bits per heavy atom. The predicted molar refractivity (Wildman–Crippen MR) is 114 cm³/mol. The Kier molecular flexibility index (Phi) is 6.38. The SMILES string of the molecule is CC[C@H](C)C(=O)N1CCC[C@@H]1c1nc2c(c(=O)[nH]1)CCN(CC1CCCCC1)C2. The number of carbonyl (C=O) groups is 1. The van der Waals surface area contributed by atoms with Crippen LogP contribution in [0.2, 0.25) is 0 Å². The van der Waals surface area contributed by atoms with Crippen LogP contribution in [0.3, 0.4) is 0 Å². The lowest BCUT2D eigenvalue weighted by molar-refractivity contribution is -0.136. The molecule has 0 aromatic carbocycles. The van der Waals surface area contributed by atoms with Crippen molar-refractivity contribution in [1.29, 1.82) is 0 Å². The monoisotopic (exact) mass is 400 g/mol. The maximum atomic E-state index is 12.8. The standard InChI is InChI=1S/C23H36N4O2/c1-3-16(2)23(29)27-12-7-10-20(27)21-24-19-15-26(13-11-18(19)22(28)25-21)14-17-8-5-4-6-9-17/h16-17,20H,3-15H2,1-2H3,(H,24,25,28)/t16-,20+/m0/s1. The molecule has 0 radical (unpaired) electrons. The van der Waals surface area contributed by atoms with Gasteiger partial charge in [-0.05, 0) is 44.4 Å². The summed E-state index contributed by atoms with van der Waals surface area (Å²) >= 11 is 0. The molecule has 4 rings (SSSR count). The number of carbonyl (C=O) groups excluding carboxylic acids is 1. The van der Waals surface area contributed by atoms with E-state index in [9.17, 15) is 9.59 Å². The van der Waals surface area contributed by atoms with E-state index in [0.717, 1.165) is 69.0 Å². The molecule has 29 heavy (non-hydrogen) atoms. The van der Waals surface area contributed by atoms with Gasteiger partial charge in [-0.1, -0.05) is 33.1 Å². The first-order chi connectivity index (χ1) is 14.1. The lowest BCUT2D eigenvalue weighted by atomic mass is 9.88. The molecule has 1 aromatic heterocycles. The molecule has 1 aliphatic carbocycles. The molecule has 1 amide bonds. The van der Waals surface area contributed by atoms with Crippen molar-refractivity contribution in [2.75, 3.05) is 19.6 Å². The van der Waals surface area contributed by atoms with Crippen molar-refractivity contribution in [3.8, 4) is 0 Å². The van der Waals surface area contributed by atoms with Crippen molar-refractivity contribution < 1.29 is 4.79 Å². The number of nitrogens with zero attached hydrogens (tertiary/aromatic N) is 3. The van der Waals surface area contributed by atoms with Gasteiger partial charge in [-0.2, -0.15) is 0 Å². The van der Waals surface area contributed by atoms with Gasteiger partial charge in [0.25, 0.3) is 5.56 Å². The maximum absolute atomic E-state index is 12.8. The average Bonchev–Trinajstić information content (AvgIpc) is 3.23. The summed E-state index contributed by atoms with van der Waals surface area (Å²) in [5.74, 6) is 1.70. The highest BCUT2D eigenvalue weighted by Crippen LogP contribution is 2.32. The average molecular weight is 401 g/mol. The van der Waals surface area contributed by atoms with Gasteiger partial charge in [0.05, 0.1) is 11.7 Å². The molecule has 1 N–H and O–H groups in total. The van der Waals surface area contributed by atoms with Crippen LogP contribution in [0.15, 0.2) is 4.79 Å². The Morgan fingerprint density at radius 3 is 2.72 bits per heavy atom. The number of H-pyrrole nitrogens is 1. The second-order valence-electron chi connectivity index (χ2n) is 9.36. The van der Waals surface area contributed by atoms with Crippen molar-refractivity contribution in [2.45, 2.75) is 84.2 Å². The van der Waals surface area contributed by atoms with E-state index < -0.39 is 0 Å². The molecule has 0 bridgehead atoms. The molecule has 2 aliphatic heterocycles. The van der Waals surface area contributed by atoms with Crippen LogP contribution in [0, 0.1) is 11.8 Å². The number of rotatable bonds is 5. The van der Waals surface area contributed by atoms with Gasteiger partial charge in [0, 0.05) is 37.7 Å². The topological polar surface area (TPSA) is 69.3 Å². The summed E-state index contributed by atoms with van der Waals surface area (Å²) in [4.78, 5) is 38.0. The molecule has 3 heterocycles. The first-order valence-electron chi connectivity index (χ1n) is 11.7. The van der Waals surface area contributed by atoms with Gasteiger partial charge in [0.15, 0.2) is 0 Å². The third kappa shape index (κ3) is 4.42. The summed E-state index contributed by atoms with van der Waals surface area (Å²) in [6.45, 7) is 7.66. The molecule has 2 fully saturated rings. The van der Waals surface area contributed by atoms with E-state index in [1.54, 1.807) is 0 Å². The van der Waals surface area contributed by atoms with Crippen LogP contribution in [0.1, 0.15) is 88.3 Å². The fourth-order valence-corrected chi connectivity index (χ4v) is 5.33. The highest BCUT2D eigenvalue weighted by atomic mass is 16.2. The number of fused-ring (bicyclic) bond motifs is 1. The molecule has 0 spiro atoms. The quantitative estimate of drug-likeness (QED) is 0.822. The number of aromatic amines is 1. The lowest BCUT2D eigenvalue weighted by Crippen LogP contribution is -2.40. The van der Waals surface area contributed by atoms with Gasteiger partial charge >= 0.3 is 0 Å². The van der Waals surface area contributed by atoms with E-state index in [0.29, 0.717) is 5.82 Å². The molecule has 6 heteroatoms. The van der Waals surface area contributed by atoms with E-state index in [1.807, 2.05) is 18.7 Å². The maximum Gasteiger partial charge on any atom is 0.254 e. The predicted octanol–water partition coefficient (Wildman–Crippen LogP) is 3.42. The second-order valence-corrected chi connectivity index (χ2v) is 9.36. The first-order valence-corrected chi connectivity index (χ1v) is 11.7. The van der Waals surface area contributed by atoms with Crippen LogP contribution in [0.5, 0.6) is 0 Å². The van der Waals surface area contributed by atoms with E-state index in [4.69, 9.17) is 4.98 Å². The molecule has 0 unspecified atom stereocenters. The normalized spacial score (nSPS) is 24.5. The van der Waals surface area contributed by atoms with Crippen LogP contribution in [0.4, 0.5) is 0 Å². The van der Waals surface area contributed by atoms with Gasteiger partial charge in [0.1, 0.15) is 5.82 Å². The van der Waals surface area contributed by atoms with Crippen molar-refractivity contribution in [3.05, 3.63) is 27.4 Å². The van der Waals surface area contributed by atoms with Gasteiger partial charge in [-0.25, -0.2) is 4.98 Å². The van der Waals surface area contributed by atoms with Gasteiger partial charge in [-0.15, -0.1) is 0 Å². The van der Waals surface area contributed by atoms with Crippen LogP contribution in [-0.4, -0.2) is 45.3 Å². The summed E-state index contributed by atoms with van der Waals surface area (Å²) in [7, 11) is 0. The number of amides is 1. The van der Waals surface area contributed by atoms with E-state index >= 15 is 0 Å². The molecule has 160 valence electrons. The molecule has 2 atom stereocenters. The minimum absolute atomic E-state index is 0.00477. The Bertz CT molecular complexity index is 784. The molecular formula is C23H36N4O2. The Hall–Kier alpha value is -1.69. The fraction of sp³-hybridized carbons (Fsp3) is 0.783. The highest BCUT2D eigenvalue weighted by molar-refractivity contribution is 5.79. The zero-order valence-electron chi connectivity index (χ0n) is 18.1. The van der Waals surface area contributed by atoms with E-state index in [2.05, 4.69) is 9.88 Å². The van der Waals surface area contributed by atoms with Gasteiger partial charge in [0.2, 0.25) is 5.91 Å². The van der Waals surface area contributed by atoms with Crippen molar-refractivity contribution in [1.82, 2.24) is 19.8 Å². The highest BCUT2D eigenvalue weighted by Gasteiger charge is 2.34. The smallest absolute Gasteiger partial charge is 0.254 e. The largest absolute Gasteiger partial charge is 0.332 e. The lowest BCUT2D eigenvalue weighted by Gasteiger charge is -2.33. The van der Waals surface area contributed by atoms with Crippen molar-refractivity contribution >= 4 is 5.91 Å². The van der Waals surface area contributed by atoms with Crippen LogP contribution in [0.25, 0.3) is 0 Å². The van der Waals surface area contributed by atoms with Crippen LogP contribution >= 0.6 is 0 Å². The Morgan fingerprint density at radius 2 is 1.97 bits per heavy atom. The fourth-order valence-electron chi connectivity index (χ4n) is 5.33. The molecule has 6 nitrogen and oxygen atoms in total. The third-order valence-corrected chi connectivity index (χ3v) is 7.30. The summed E-state index contributed by atoms with van der Waals surface area (Å²) in [5, 5.41) is 0. The summed E-state index contributed by atoms with van der Waals surface area (Å²) < 4.78 is 0. The van der Waals surface area contributed by atoms with Crippen molar-refractivity contribution in [2.24, 2.45) is 11.8 Å². The van der Waals surface area contributed by atoms with Gasteiger partial charge < -0.3 is 9.88 Å². The second kappa shape index (κ2) is 8.99. The summed E-state index contributed by atoms with van der Waals surface area (Å²) in [6.07, 6.45) is 10.3. The van der Waals surface area contributed by atoms with Crippen LogP contribution < -0.4 is 5.56 Å². The number of aromatic nitrogens is 2. The Balaban J connectivity index is 1.52. The molecule has 1 aromatic rings. The number of hydrogen-bond donors (Lipinski definition) is 1. The zero-order valence-corrected chi connectivity index (χ0v) is 18.1. The minimum atomic E-state index is -0.0804. The van der Waals surface area contributed by atoms with Crippen LogP contribution in [-0.2, 0) is 17.8 Å². The Labute approximate surface area is 174 Å². The first kappa shape index (κ1) is 20.6. The van der Waals surface area contributed by atoms with Gasteiger partial charge in [-0.3, -0.25) is 14.5 Å². The van der Waals surface area contributed by atoms with E-state index in [1.165, 1.54) is 32.1 Å². The number of likely N-dealkylation sites (tertiary alicyclic amines) is 1. The molecule has 1 saturated heterocycles. The summed E-state index contributed by atoms with van der Waals surface area (Å²) in [6, 6.07) is -0.0804. The molecular weight excluding hydrogens is 364 g/mol. The molecule has 3 aliphatic rings. The number of nitrogens with one attached hydrogen (secondary N) is 1. The van der Waals surface area contributed by atoms with Crippen molar-refractivity contribution in [3.63, 3.8) is 0 Å². The molecule has 1 saturated carbocycles. The van der Waals surface area contributed by atoms with E-state index in [-0.39, 0.29) is 23.4 Å². The number of hydrogen-bond acceptors (Lipinski definition) is 4.